The van der Waals surface area contributed by atoms with Gasteiger partial charge in [-0.25, -0.2) is 0 Å². The Morgan fingerprint density at radius 3 is 2.89 bits per heavy atom. The van der Waals surface area contributed by atoms with Gasteiger partial charge in [0.05, 0.1) is 16.7 Å². The van der Waals surface area contributed by atoms with Crippen LogP contribution in [0.5, 0.6) is 0 Å². The van der Waals surface area contributed by atoms with E-state index >= 15 is 0 Å². The van der Waals surface area contributed by atoms with E-state index in [-0.39, 0.29) is 17.9 Å². The minimum Gasteiger partial charge on any atom is -0.393 e. The molecule has 1 amide bonds. The van der Waals surface area contributed by atoms with Gasteiger partial charge in [0, 0.05) is 19.0 Å². The first-order valence-corrected chi connectivity index (χ1v) is 6.73. The Hall–Kier alpha value is -1.06. The third kappa shape index (κ3) is 2.68. The van der Waals surface area contributed by atoms with Gasteiger partial charge in [0.15, 0.2) is 0 Å². The van der Waals surface area contributed by atoms with Gasteiger partial charge in [-0.05, 0) is 25.0 Å². The van der Waals surface area contributed by atoms with Gasteiger partial charge in [0.2, 0.25) is 0 Å². The number of benzene rings is 1. The lowest BCUT2D eigenvalue weighted by Crippen LogP contribution is -2.45. The van der Waals surface area contributed by atoms with Crippen LogP contribution in [0.4, 0.5) is 0 Å². The number of piperidine rings is 1. The molecule has 2 rings (SSSR count). The van der Waals surface area contributed by atoms with Crippen molar-refractivity contribution in [2.75, 3.05) is 13.1 Å². The van der Waals surface area contributed by atoms with Crippen molar-refractivity contribution in [1.29, 1.82) is 0 Å². The summed E-state index contributed by atoms with van der Waals surface area (Å²) in [5, 5.41) is 10.3. The standard InChI is InChI=1S/C14H18ClNO2/c1-2-10-9-16(8-7-13(10)17)14(18)11-5-3-4-6-12(11)15/h3-6,10,13,17H,2,7-9H2,1H3. The van der Waals surface area contributed by atoms with Gasteiger partial charge < -0.3 is 10.0 Å². The van der Waals surface area contributed by atoms with E-state index in [0.29, 0.717) is 30.1 Å². The zero-order valence-corrected chi connectivity index (χ0v) is 11.2. The van der Waals surface area contributed by atoms with Crippen molar-refractivity contribution < 1.29 is 9.90 Å². The van der Waals surface area contributed by atoms with Crippen molar-refractivity contribution in [2.45, 2.75) is 25.9 Å². The summed E-state index contributed by atoms with van der Waals surface area (Å²) >= 11 is 6.04. The fraction of sp³-hybridized carbons (Fsp3) is 0.500. The normalized spacial score (nSPS) is 24.1. The molecule has 1 aromatic rings. The first-order valence-electron chi connectivity index (χ1n) is 6.35. The molecule has 98 valence electrons. The number of hydrogen-bond donors (Lipinski definition) is 1. The Bertz CT molecular complexity index is 436. The van der Waals surface area contributed by atoms with E-state index in [0.717, 1.165) is 6.42 Å². The highest BCUT2D eigenvalue weighted by atomic mass is 35.5. The van der Waals surface area contributed by atoms with Gasteiger partial charge in [-0.2, -0.15) is 0 Å². The number of nitrogens with zero attached hydrogens (tertiary/aromatic N) is 1. The molecule has 18 heavy (non-hydrogen) atoms. The van der Waals surface area contributed by atoms with Gasteiger partial charge in [-0.1, -0.05) is 30.7 Å². The van der Waals surface area contributed by atoms with Crippen LogP contribution in [-0.4, -0.2) is 35.1 Å². The number of halogens is 1. The molecule has 2 unspecified atom stereocenters. The van der Waals surface area contributed by atoms with Crippen LogP contribution in [0.15, 0.2) is 24.3 Å². The minimum absolute atomic E-state index is 0.0362. The van der Waals surface area contributed by atoms with E-state index in [4.69, 9.17) is 11.6 Å². The highest BCUT2D eigenvalue weighted by Gasteiger charge is 2.29. The van der Waals surface area contributed by atoms with Crippen LogP contribution in [0.25, 0.3) is 0 Å². The number of amides is 1. The molecule has 1 saturated heterocycles. The molecule has 0 bridgehead atoms. The average Bonchev–Trinajstić information content (AvgIpc) is 2.39. The quantitative estimate of drug-likeness (QED) is 0.895. The molecule has 1 heterocycles. The van der Waals surface area contributed by atoms with E-state index in [1.807, 2.05) is 19.1 Å². The highest BCUT2D eigenvalue weighted by Crippen LogP contribution is 2.23. The summed E-state index contributed by atoms with van der Waals surface area (Å²) in [4.78, 5) is 14.1. The van der Waals surface area contributed by atoms with Gasteiger partial charge >= 0.3 is 0 Å². The number of carbonyl (C=O) groups excluding carboxylic acids is 1. The minimum atomic E-state index is -0.287. The van der Waals surface area contributed by atoms with Crippen LogP contribution in [0.2, 0.25) is 5.02 Å². The molecule has 4 heteroatoms. The highest BCUT2D eigenvalue weighted by molar-refractivity contribution is 6.33. The van der Waals surface area contributed by atoms with E-state index in [2.05, 4.69) is 0 Å². The molecule has 3 nitrogen and oxygen atoms in total. The lowest BCUT2D eigenvalue weighted by molar-refractivity contribution is 0.0229. The Balaban J connectivity index is 2.13. The molecule has 1 aromatic carbocycles. The topological polar surface area (TPSA) is 40.5 Å². The molecule has 1 aliphatic heterocycles. The molecule has 2 atom stereocenters. The predicted molar refractivity (Wildman–Crippen MR) is 71.8 cm³/mol. The van der Waals surface area contributed by atoms with Crippen molar-refractivity contribution in [3.05, 3.63) is 34.9 Å². The van der Waals surface area contributed by atoms with Crippen LogP contribution >= 0.6 is 11.6 Å². The van der Waals surface area contributed by atoms with Crippen LogP contribution in [-0.2, 0) is 0 Å². The largest absolute Gasteiger partial charge is 0.393 e. The molecular weight excluding hydrogens is 250 g/mol. The first-order chi connectivity index (χ1) is 8.63. The van der Waals surface area contributed by atoms with Crippen LogP contribution < -0.4 is 0 Å². The van der Waals surface area contributed by atoms with E-state index in [1.165, 1.54) is 0 Å². The summed E-state index contributed by atoms with van der Waals surface area (Å²) in [6.07, 6.45) is 1.24. The number of aliphatic hydroxyl groups is 1. The second kappa shape index (κ2) is 5.72. The molecule has 1 fully saturated rings. The predicted octanol–water partition coefficient (Wildman–Crippen LogP) is 2.57. The van der Waals surface area contributed by atoms with Gasteiger partial charge in [0.25, 0.3) is 5.91 Å². The second-order valence-electron chi connectivity index (χ2n) is 4.76. The Labute approximate surface area is 112 Å². The fourth-order valence-corrected chi connectivity index (χ4v) is 2.63. The first kappa shape index (κ1) is 13.4. The molecule has 0 aromatic heterocycles. The van der Waals surface area contributed by atoms with Gasteiger partial charge in [0.1, 0.15) is 0 Å². The monoisotopic (exact) mass is 267 g/mol. The van der Waals surface area contributed by atoms with E-state index < -0.39 is 0 Å². The van der Waals surface area contributed by atoms with Crippen molar-refractivity contribution in [3.63, 3.8) is 0 Å². The maximum absolute atomic E-state index is 12.3. The zero-order valence-electron chi connectivity index (χ0n) is 10.5. The smallest absolute Gasteiger partial charge is 0.255 e. The Morgan fingerprint density at radius 1 is 1.50 bits per heavy atom. The second-order valence-corrected chi connectivity index (χ2v) is 5.16. The van der Waals surface area contributed by atoms with Crippen LogP contribution in [0, 0.1) is 5.92 Å². The summed E-state index contributed by atoms with van der Waals surface area (Å²) in [5.41, 5.74) is 0.547. The number of aliphatic hydroxyl groups excluding tert-OH is 1. The lowest BCUT2D eigenvalue weighted by Gasteiger charge is -2.36. The zero-order chi connectivity index (χ0) is 13.1. The van der Waals surface area contributed by atoms with Crippen molar-refractivity contribution >= 4 is 17.5 Å². The molecule has 0 radical (unpaired) electrons. The van der Waals surface area contributed by atoms with Crippen LogP contribution in [0.1, 0.15) is 30.1 Å². The Morgan fingerprint density at radius 2 is 2.22 bits per heavy atom. The number of likely N-dealkylation sites (tertiary alicyclic amines) is 1. The summed E-state index contributed by atoms with van der Waals surface area (Å²) in [7, 11) is 0. The molecule has 1 N–H and O–H groups in total. The molecule has 1 aliphatic rings. The van der Waals surface area contributed by atoms with Crippen molar-refractivity contribution in [1.82, 2.24) is 4.90 Å². The lowest BCUT2D eigenvalue weighted by atomic mass is 9.92. The van der Waals surface area contributed by atoms with Gasteiger partial charge in [-0.15, -0.1) is 0 Å². The maximum Gasteiger partial charge on any atom is 0.255 e. The van der Waals surface area contributed by atoms with E-state index in [1.54, 1.807) is 17.0 Å². The number of hydrogen-bond acceptors (Lipinski definition) is 2. The Kier molecular flexibility index (Phi) is 4.25. The van der Waals surface area contributed by atoms with Crippen molar-refractivity contribution in [2.24, 2.45) is 5.92 Å². The molecular formula is C14H18ClNO2. The van der Waals surface area contributed by atoms with Gasteiger partial charge in [-0.3, -0.25) is 4.79 Å². The maximum atomic E-state index is 12.3. The average molecular weight is 268 g/mol. The molecule has 0 saturated carbocycles. The summed E-state index contributed by atoms with van der Waals surface area (Å²) in [5.74, 6) is 0.135. The summed E-state index contributed by atoms with van der Waals surface area (Å²) in [6, 6.07) is 7.10. The fourth-order valence-electron chi connectivity index (χ4n) is 2.41. The number of rotatable bonds is 2. The summed E-state index contributed by atoms with van der Waals surface area (Å²) in [6.45, 7) is 3.25. The SMILES string of the molecule is CCC1CN(C(=O)c2ccccc2Cl)CCC1O. The van der Waals surface area contributed by atoms with Crippen molar-refractivity contribution in [3.8, 4) is 0 Å². The molecule has 0 spiro atoms. The third-order valence-electron chi connectivity index (χ3n) is 3.61. The number of carbonyl (C=O) groups is 1. The third-order valence-corrected chi connectivity index (χ3v) is 3.94. The molecule has 0 aliphatic carbocycles. The van der Waals surface area contributed by atoms with Crippen LogP contribution in [0.3, 0.4) is 0 Å². The van der Waals surface area contributed by atoms with E-state index in [9.17, 15) is 9.90 Å². The summed E-state index contributed by atoms with van der Waals surface area (Å²) < 4.78 is 0.